The van der Waals surface area contributed by atoms with Gasteiger partial charge < -0.3 is 0 Å². The molecule has 1 atom stereocenters. The fourth-order valence-electron chi connectivity index (χ4n) is 1.29. The number of hydrogen-bond donors (Lipinski definition) is 0. The Bertz CT molecular complexity index is 350. The largest absolute Gasteiger partial charge is 0.264 e. The molecule has 1 aliphatic heterocycles. The van der Waals surface area contributed by atoms with E-state index in [1.165, 1.54) is 0 Å². The lowest BCUT2D eigenvalue weighted by molar-refractivity contribution is 0.844. The van der Waals surface area contributed by atoms with Gasteiger partial charge in [-0.15, -0.1) is 0 Å². The Hall–Kier alpha value is -1.82. The van der Waals surface area contributed by atoms with Crippen LogP contribution in [0.15, 0.2) is 35.4 Å². The molecule has 1 aliphatic rings. The van der Waals surface area contributed by atoms with Gasteiger partial charge in [-0.2, -0.15) is 10.4 Å². The average molecular weight is 171 g/mol. The Morgan fingerprint density at radius 3 is 2.77 bits per heavy atom. The third-order valence-electron chi connectivity index (χ3n) is 1.98. The van der Waals surface area contributed by atoms with Gasteiger partial charge in [0.25, 0.3) is 0 Å². The summed E-state index contributed by atoms with van der Waals surface area (Å²) in [5.74, 6) is -0.0693. The van der Waals surface area contributed by atoms with Crippen LogP contribution in [0.3, 0.4) is 0 Å². The first-order chi connectivity index (χ1) is 6.40. The molecule has 0 aliphatic carbocycles. The molecule has 1 unspecified atom stereocenters. The first-order valence-corrected chi connectivity index (χ1v) is 4.16. The van der Waals surface area contributed by atoms with Crippen LogP contribution in [-0.4, -0.2) is 12.8 Å². The van der Waals surface area contributed by atoms with E-state index in [1.54, 1.807) is 6.21 Å². The average Bonchev–Trinajstić information content (AvgIpc) is 2.67. The summed E-state index contributed by atoms with van der Waals surface area (Å²) in [7, 11) is 0. The van der Waals surface area contributed by atoms with Crippen LogP contribution in [0.5, 0.6) is 0 Å². The number of anilines is 1. The highest BCUT2D eigenvalue weighted by molar-refractivity contribution is 5.70. The van der Waals surface area contributed by atoms with Crippen LogP contribution in [0, 0.1) is 17.2 Å². The van der Waals surface area contributed by atoms with E-state index in [0.29, 0.717) is 6.54 Å². The molecular formula is C10H9N3. The van der Waals surface area contributed by atoms with E-state index in [9.17, 15) is 0 Å². The van der Waals surface area contributed by atoms with Crippen molar-refractivity contribution >= 4 is 11.9 Å². The number of hydrogen-bond acceptors (Lipinski definition) is 3. The van der Waals surface area contributed by atoms with Gasteiger partial charge in [0.05, 0.1) is 18.3 Å². The third-order valence-corrected chi connectivity index (χ3v) is 1.98. The van der Waals surface area contributed by atoms with Gasteiger partial charge in [0.2, 0.25) is 0 Å². The highest BCUT2D eigenvalue weighted by atomic mass is 15.5. The van der Waals surface area contributed by atoms with E-state index in [-0.39, 0.29) is 5.92 Å². The van der Waals surface area contributed by atoms with Crippen molar-refractivity contribution in [3.63, 3.8) is 0 Å². The molecule has 64 valence electrons. The summed E-state index contributed by atoms with van der Waals surface area (Å²) in [5.41, 5.74) is 1.04. The monoisotopic (exact) mass is 171 g/mol. The number of para-hydroxylation sites is 1. The molecule has 3 nitrogen and oxygen atoms in total. The Morgan fingerprint density at radius 2 is 2.15 bits per heavy atom. The molecule has 0 saturated heterocycles. The number of rotatable bonds is 1. The first kappa shape index (κ1) is 7.81. The first-order valence-electron chi connectivity index (χ1n) is 4.16. The molecule has 0 spiro atoms. The standard InChI is InChI=1S/C10H9N3/c11-6-9-7-12-13(8-9)10-4-2-1-3-5-10/h1-5,7,9H,8H2. The quantitative estimate of drug-likeness (QED) is 0.644. The Kier molecular flexibility index (Phi) is 1.97. The van der Waals surface area contributed by atoms with Crippen molar-refractivity contribution in [2.24, 2.45) is 11.0 Å². The molecule has 1 aromatic carbocycles. The maximum atomic E-state index is 8.66. The summed E-state index contributed by atoms with van der Waals surface area (Å²) in [6, 6.07) is 12.0. The molecule has 3 heteroatoms. The Labute approximate surface area is 76.9 Å². The molecule has 0 radical (unpaired) electrons. The van der Waals surface area contributed by atoms with Crippen LogP contribution >= 0.6 is 0 Å². The van der Waals surface area contributed by atoms with Crippen LogP contribution in [0.2, 0.25) is 0 Å². The summed E-state index contributed by atoms with van der Waals surface area (Å²) in [6.07, 6.45) is 1.69. The Morgan fingerprint density at radius 1 is 1.38 bits per heavy atom. The molecule has 2 rings (SSSR count). The number of hydrazone groups is 1. The normalized spacial score (nSPS) is 20.2. The molecule has 0 N–H and O–H groups in total. The minimum absolute atomic E-state index is 0.0693. The lowest BCUT2D eigenvalue weighted by Crippen LogP contribution is -2.16. The zero-order chi connectivity index (χ0) is 9.10. The van der Waals surface area contributed by atoms with Crippen molar-refractivity contribution in [3.05, 3.63) is 30.3 Å². The fraction of sp³-hybridized carbons (Fsp3) is 0.200. The number of benzene rings is 1. The maximum absolute atomic E-state index is 8.66. The second kappa shape index (κ2) is 3.28. The van der Waals surface area contributed by atoms with Gasteiger partial charge in [-0.05, 0) is 12.1 Å². The van der Waals surface area contributed by atoms with E-state index < -0.39 is 0 Å². The van der Waals surface area contributed by atoms with Crippen molar-refractivity contribution in [1.82, 2.24) is 0 Å². The van der Waals surface area contributed by atoms with Crippen molar-refractivity contribution < 1.29 is 0 Å². The van der Waals surface area contributed by atoms with Gasteiger partial charge in [0.15, 0.2) is 0 Å². The molecule has 13 heavy (non-hydrogen) atoms. The van der Waals surface area contributed by atoms with Crippen LogP contribution in [-0.2, 0) is 0 Å². The minimum Gasteiger partial charge on any atom is -0.264 e. The lowest BCUT2D eigenvalue weighted by Gasteiger charge is -2.13. The molecule has 1 aromatic rings. The zero-order valence-corrected chi connectivity index (χ0v) is 7.09. The predicted octanol–water partition coefficient (Wildman–Crippen LogP) is 1.63. The topological polar surface area (TPSA) is 39.4 Å². The molecule has 1 heterocycles. The lowest BCUT2D eigenvalue weighted by atomic mass is 10.2. The summed E-state index contributed by atoms with van der Waals surface area (Å²) in [6.45, 7) is 0.667. The molecule has 0 aromatic heterocycles. The highest BCUT2D eigenvalue weighted by Crippen LogP contribution is 2.18. The van der Waals surface area contributed by atoms with Gasteiger partial charge in [-0.1, -0.05) is 18.2 Å². The van der Waals surface area contributed by atoms with Crippen molar-refractivity contribution in [2.45, 2.75) is 0 Å². The predicted molar refractivity (Wildman–Crippen MR) is 51.4 cm³/mol. The van der Waals surface area contributed by atoms with Crippen LogP contribution in [0.1, 0.15) is 0 Å². The number of nitriles is 1. The number of nitrogens with zero attached hydrogens (tertiary/aromatic N) is 3. The van der Waals surface area contributed by atoms with Gasteiger partial charge in [-0.3, -0.25) is 5.01 Å². The van der Waals surface area contributed by atoms with Gasteiger partial charge in [0.1, 0.15) is 5.92 Å². The van der Waals surface area contributed by atoms with Gasteiger partial charge in [0, 0.05) is 6.21 Å². The molecular weight excluding hydrogens is 162 g/mol. The second-order valence-electron chi connectivity index (χ2n) is 2.92. The molecule has 0 amide bonds. The van der Waals surface area contributed by atoms with Gasteiger partial charge >= 0.3 is 0 Å². The Balaban J connectivity index is 2.15. The molecule has 0 bridgehead atoms. The zero-order valence-electron chi connectivity index (χ0n) is 7.09. The van der Waals surface area contributed by atoms with E-state index in [1.807, 2.05) is 35.3 Å². The van der Waals surface area contributed by atoms with Crippen LogP contribution in [0.4, 0.5) is 5.69 Å². The van der Waals surface area contributed by atoms with Crippen LogP contribution in [0.25, 0.3) is 0 Å². The smallest absolute Gasteiger partial charge is 0.103 e. The van der Waals surface area contributed by atoms with E-state index in [2.05, 4.69) is 11.2 Å². The van der Waals surface area contributed by atoms with E-state index in [0.717, 1.165) is 5.69 Å². The fourth-order valence-corrected chi connectivity index (χ4v) is 1.29. The maximum Gasteiger partial charge on any atom is 0.103 e. The molecule has 0 fully saturated rings. The van der Waals surface area contributed by atoms with Crippen molar-refractivity contribution in [2.75, 3.05) is 11.6 Å². The van der Waals surface area contributed by atoms with E-state index >= 15 is 0 Å². The molecule has 0 saturated carbocycles. The van der Waals surface area contributed by atoms with Crippen molar-refractivity contribution in [1.29, 1.82) is 5.26 Å². The van der Waals surface area contributed by atoms with Crippen molar-refractivity contribution in [3.8, 4) is 6.07 Å². The summed E-state index contributed by atoms with van der Waals surface area (Å²) < 4.78 is 0. The highest BCUT2D eigenvalue weighted by Gasteiger charge is 2.17. The van der Waals surface area contributed by atoms with Gasteiger partial charge in [-0.25, -0.2) is 0 Å². The SMILES string of the molecule is N#CC1C=NN(c2ccccc2)C1. The minimum atomic E-state index is -0.0693. The van der Waals surface area contributed by atoms with Crippen LogP contribution < -0.4 is 5.01 Å². The van der Waals surface area contributed by atoms with E-state index in [4.69, 9.17) is 5.26 Å². The third kappa shape index (κ3) is 1.52. The second-order valence-corrected chi connectivity index (χ2v) is 2.92. The summed E-state index contributed by atoms with van der Waals surface area (Å²) in [5, 5.41) is 14.6. The summed E-state index contributed by atoms with van der Waals surface area (Å²) >= 11 is 0. The summed E-state index contributed by atoms with van der Waals surface area (Å²) in [4.78, 5) is 0.